The van der Waals surface area contributed by atoms with Crippen LogP contribution in [0.4, 0.5) is 10.5 Å². The molecular weight excluding hydrogens is 352 g/mol. The van der Waals surface area contributed by atoms with E-state index < -0.39 is 23.1 Å². The molecule has 1 atom stereocenters. The lowest BCUT2D eigenvalue weighted by molar-refractivity contribution is -0.384. The molecule has 1 aromatic rings. The van der Waals surface area contributed by atoms with Gasteiger partial charge in [0.05, 0.1) is 18.1 Å². The van der Waals surface area contributed by atoms with Crippen molar-refractivity contribution in [2.45, 2.75) is 17.9 Å². The van der Waals surface area contributed by atoms with Gasteiger partial charge in [-0.05, 0) is 19.1 Å². The average Bonchev–Trinajstić information content (AvgIpc) is 2.93. The summed E-state index contributed by atoms with van der Waals surface area (Å²) in [4.78, 5) is 34.9. The second-order valence-electron chi connectivity index (χ2n) is 4.84. The van der Waals surface area contributed by atoms with E-state index in [-0.39, 0.29) is 25.4 Å². The van der Waals surface area contributed by atoms with Gasteiger partial charge in [0.25, 0.3) is 5.69 Å². The summed E-state index contributed by atoms with van der Waals surface area (Å²) in [7, 11) is 0. The van der Waals surface area contributed by atoms with Gasteiger partial charge in [-0.2, -0.15) is 0 Å². The van der Waals surface area contributed by atoms with Crippen molar-refractivity contribution in [3.05, 3.63) is 46.7 Å². The van der Waals surface area contributed by atoms with Crippen molar-refractivity contribution in [2.75, 3.05) is 19.8 Å². The molecule has 10 heteroatoms. The molecule has 0 saturated carbocycles. The number of ether oxygens (including phenoxy) is 2. The SMILES string of the molecule is CCOC(=O)C=CN1CC(COSc2ccc([N+](=O)[O-])cc2)OC1=O. The highest BCUT2D eigenvalue weighted by Gasteiger charge is 2.30. The predicted octanol–water partition coefficient (Wildman–Crippen LogP) is 2.52. The van der Waals surface area contributed by atoms with Crippen molar-refractivity contribution in [3.63, 3.8) is 0 Å². The van der Waals surface area contributed by atoms with Crippen LogP contribution in [-0.2, 0) is 18.5 Å². The number of benzene rings is 1. The molecule has 1 heterocycles. The highest BCUT2D eigenvalue weighted by atomic mass is 32.2. The molecular formula is C15H16N2O7S. The molecule has 1 aromatic carbocycles. The monoisotopic (exact) mass is 368 g/mol. The normalized spacial score (nSPS) is 16.9. The van der Waals surface area contributed by atoms with Crippen LogP contribution < -0.4 is 0 Å². The summed E-state index contributed by atoms with van der Waals surface area (Å²) < 4.78 is 15.2. The number of esters is 1. The largest absolute Gasteiger partial charge is 0.463 e. The van der Waals surface area contributed by atoms with E-state index in [0.29, 0.717) is 4.90 Å². The van der Waals surface area contributed by atoms with E-state index >= 15 is 0 Å². The lowest BCUT2D eigenvalue weighted by Crippen LogP contribution is -2.21. The molecule has 1 unspecified atom stereocenters. The average molecular weight is 368 g/mol. The topological polar surface area (TPSA) is 108 Å². The van der Waals surface area contributed by atoms with Crippen LogP contribution in [0.2, 0.25) is 0 Å². The van der Waals surface area contributed by atoms with Gasteiger partial charge in [-0.3, -0.25) is 15.0 Å². The Kier molecular flexibility index (Phi) is 6.78. The molecule has 1 amide bonds. The van der Waals surface area contributed by atoms with Crippen molar-refractivity contribution in [3.8, 4) is 0 Å². The van der Waals surface area contributed by atoms with Crippen molar-refractivity contribution in [1.29, 1.82) is 0 Å². The van der Waals surface area contributed by atoms with Gasteiger partial charge in [0.2, 0.25) is 0 Å². The van der Waals surface area contributed by atoms with Crippen LogP contribution in [0.15, 0.2) is 41.4 Å². The van der Waals surface area contributed by atoms with Crippen LogP contribution in [0.5, 0.6) is 0 Å². The van der Waals surface area contributed by atoms with E-state index in [1.807, 2.05) is 0 Å². The molecule has 1 fully saturated rings. The first-order valence-corrected chi connectivity index (χ1v) is 8.10. The Balaban J connectivity index is 1.75. The molecule has 134 valence electrons. The van der Waals surface area contributed by atoms with E-state index in [1.54, 1.807) is 19.1 Å². The first-order valence-electron chi connectivity index (χ1n) is 7.35. The first kappa shape index (κ1) is 18.7. The third-order valence-corrected chi connectivity index (χ3v) is 3.75. The molecule has 0 bridgehead atoms. The second-order valence-corrected chi connectivity index (χ2v) is 5.72. The summed E-state index contributed by atoms with van der Waals surface area (Å²) in [5, 5.41) is 10.6. The number of hydrogen-bond acceptors (Lipinski definition) is 8. The Morgan fingerprint density at radius 3 is 2.84 bits per heavy atom. The lowest BCUT2D eigenvalue weighted by Gasteiger charge is -2.08. The summed E-state index contributed by atoms with van der Waals surface area (Å²) in [5.74, 6) is -0.538. The summed E-state index contributed by atoms with van der Waals surface area (Å²) >= 11 is 1.03. The van der Waals surface area contributed by atoms with Gasteiger partial charge in [0.1, 0.15) is 12.7 Å². The van der Waals surface area contributed by atoms with Crippen LogP contribution in [0, 0.1) is 10.1 Å². The van der Waals surface area contributed by atoms with Gasteiger partial charge in [-0.25, -0.2) is 9.59 Å². The minimum absolute atomic E-state index is 0.00176. The Labute approximate surface area is 147 Å². The van der Waals surface area contributed by atoms with E-state index in [9.17, 15) is 19.7 Å². The van der Waals surface area contributed by atoms with Gasteiger partial charge in [0.15, 0.2) is 0 Å². The third-order valence-electron chi connectivity index (χ3n) is 3.04. The molecule has 1 aliphatic rings. The third kappa shape index (κ3) is 5.76. The molecule has 0 aromatic heterocycles. The van der Waals surface area contributed by atoms with E-state index in [1.165, 1.54) is 23.2 Å². The van der Waals surface area contributed by atoms with Gasteiger partial charge >= 0.3 is 12.1 Å². The van der Waals surface area contributed by atoms with Crippen LogP contribution in [0.1, 0.15) is 6.92 Å². The first-order chi connectivity index (χ1) is 12.0. The summed E-state index contributed by atoms with van der Waals surface area (Å²) in [6.45, 7) is 2.32. The molecule has 1 saturated heterocycles. The van der Waals surface area contributed by atoms with Gasteiger partial charge in [-0.1, -0.05) is 0 Å². The molecule has 25 heavy (non-hydrogen) atoms. The number of nitro groups is 1. The quantitative estimate of drug-likeness (QED) is 0.226. The maximum Gasteiger partial charge on any atom is 0.414 e. The fraction of sp³-hybridized carbons (Fsp3) is 0.333. The van der Waals surface area contributed by atoms with Crippen molar-refractivity contribution >= 4 is 29.8 Å². The number of cyclic esters (lactones) is 1. The maximum atomic E-state index is 11.7. The molecule has 9 nitrogen and oxygen atoms in total. The smallest absolute Gasteiger partial charge is 0.414 e. The standard InChI is InChI=1S/C15H16N2O7S/c1-2-22-14(18)7-8-16-9-12(24-15(16)19)10-23-25-13-5-3-11(4-6-13)17(20)21/h3-8,12H,2,9-10H2,1H3. The maximum absolute atomic E-state index is 11.7. The summed E-state index contributed by atoms with van der Waals surface area (Å²) in [6, 6.07) is 5.89. The molecule has 0 radical (unpaired) electrons. The zero-order chi connectivity index (χ0) is 18.2. The van der Waals surface area contributed by atoms with E-state index in [0.717, 1.165) is 18.1 Å². The number of nitrogens with zero attached hydrogens (tertiary/aromatic N) is 2. The Hall–Kier alpha value is -2.59. The number of hydrogen-bond donors (Lipinski definition) is 0. The number of amides is 1. The molecule has 2 rings (SSSR count). The van der Waals surface area contributed by atoms with Crippen molar-refractivity contribution < 1.29 is 28.2 Å². The zero-order valence-corrected chi connectivity index (χ0v) is 14.1. The summed E-state index contributed by atoms with van der Waals surface area (Å²) in [6.07, 6.45) is 1.41. The number of carbonyl (C=O) groups excluding carboxylic acids is 2. The number of carbonyl (C=O) groups is 2. The van der Waals surface area contributed by atoms with Gasteiger partial charge in [0, 0.05) is 41.3 Å². The van der Waals surface area contributed by atoms with Crippen LogP contribution >= 0.6 is 12.0 Å². The van der Waals surface area contributed by atoms with Gasteiger partial charge < -0.3 is 13.7 Å². The van der Waals surface area contributed by atoms with Gasteiger partial charge in [-0.15, -0.1) is 0 Å². The van der Waals surface area contributed by atoms with Crippen LogP contribution in [-0.4, -0.2) is 47.7 Å². The molecule has 0 spiro atoms. The van der Waals surface area contributed by atoms with Crippen LogP contribution in [0.3, 0.4) is 0 Å². The van der Waals surface area contributed by atoms with Crippen LogP contribution in [0.25, 0.3) is 0 Å². The Morgan fingerprint density at radius 1 is 1.48 bits per heavy atom. The minimum atomic E-state index is -0.575. The fourth-order valence-corrected chi connectivity index (χ4v) is 2.50. The highest BCUT2D eigenvalue weighted by molar-refractivity contribution is 7.94. The van der Waals surface area contributed by atoms with E-state index in [4.69, 9.17) is 13.7 Å². The zero-order valence-electron chi connectivity index (χ0n) is 13.3. The highest BCUT2D eigenvalue weighted by Crippen LogP contribution is 2.23. The lowest BCUT2D eigenvalue weighted by atomic mass is 10.3. The van der Waals surface area contributed by atoms with Crippen molar-refractivity contribution in [2.24, 2.45) is 0 Å². The summed E-state index contributed by atoms with van der Waals surface area (Å²) in [5.41, 5.74) is -0.00176. The minimum Gasteiger partial charge on any atom is -0.463 e. The molecule has 0 aliphatic carbocycles. The Bertz CT molecular complexity index is 662. The number of rotatable bonds is 8. The fourth-order valence-electron chi connectivity index (χ4n) is 1.89. The number of nitro benzene ring substituents is 1. The van der Waals surface area contributed by atoms with Crippen molar-refractivity contribution in [1.82, 2.24) is 4.90 Å². The number of non-ortho nitro benzene ring substituents is 1. The van der Waals surface area contributed by atoms with E-state index in [2.05, 4.69) is 0 Å². The molecule has 1 aliphatic heterocycles. The molecule has 0 N–H and O–H groups in total. The second kappa shape index (κ2) is 9.04. The predicted molar refractivity (Wildman–Crippen MR) is 87.7 cm³/mol. The Morgan fingerprint density at radius 2 is 2.20 bits per heavy atom.